The lowest BCUT2D eigenvalue weighted by atomic mass is 10.2. The predicted molar refractivity (Wildman–Crippen MR) is 76.7 cm³/mol. The molecule has 3 aromatic rings. The lowest BCUT2D eigenvalue weighted by molar-refractivity contribution is 0.0599. The molecule has 3 heterocycles. The van der Waals surface area contributed by atoms with Gasteiger partial charge in [0.25, 0.3) is 0 Å². The molecule has 110 valence electrons. The van der Waals surface area contributed by atoms with Crippen LogP contribution >= 0.6 is 0 Å². The summed E-state index contributed by atoms with van der Waals surface area (Å²) in [4.78, 5) is 31.3. The number of nitrogens with zero attached hydrogens (tertiary/aromatic N) is 3. The molecule has 0 amide bonds. The number of rotatable bonds is 3. The Balaban J connectivity index is 2.30. The highest BCUT2D eigenvalue weighted by molar-refractivity contribution is 5.96. The van der Waals surface area contributed by atoms with Gasteiger partial charge in [0.05, 0.1) is 18.2 Å². The normalized spacial score (nSPS) is 10.6. The maximum absolute atomic E-state index is 11.7. The maximum atomic E-state index is 11.7. The highest BCUT2D eigenvalue weighted by atomic mass is 16.5. The molecule has 0 atom stereocenters. The molecular formula is C15H11N3O4. The molecule has 0 aromatic carbocycles. The average Bonchev–Trinajstić information content (AvgIpc) is 2.94. The van der Waals surface area contributed by atoms with Crippen LogP contribution in [-0.2, 0) is 4.74 Å². The lowest BCUT2D eigenvalue weighted by Crippen LogP contribution is -2.03. The largest absolute Gasteiger partial charge is 0.476 e. The summed E-state index contributed by atoms with van der Waals surface area (Å²) in [7, 11) is 1.28. The second-order valence-corrected chi connectivity index (χ2v) is 4.47. The number of aromatic carboxylic acids is 1. The number of methoxy groups -OCH3 is 1. The molecule has 0 aliphatic carbocycles. The van der Waals surface area contributed by atoms with Crippen LogP contribution in [0.2, 0.25) is 0 Å². The fourth-order valence-corrected chi connectivity index (χ4v) is 2.16. The molecule has 0 saturated heterocycles. The van der Waals surface area contributed by atoms with Gasteiger partial charge < -0.3 is 9.84 Å². The average molecular weight is 297 g/mol. The second-order valence-electron chi connectivity index (χ2n) is 4.47. The number of carbonyl (C=O) groups is 2. The zero-order valence-corrected chi connectivity index (χ0v) is 11.6. The minimum atomic E-state index is -1.15. The van der Waals surface area contributed by atoms with Gasteiger partial charge in [-0.3, -0.25) is 9.38 Å². The Hall–Kier alpha value is -3.22. The van der Waals surface area contributed by atoms with Gasteiger partial charge in [-0.15, -0.1) is 0 Å². The van der Waals surface area contributed by atoms with Crippen molar-refractivity contribution in [2.75, 3.05) is 7.11 Å². The van der Waals surface area contributed by atoms with Gasteiger partial charge in [0.1, 0.15) is 5.69 Å². The van der Waals surface area contributed by atoms with Crippen molar-refractivity contribution in [3.8, 4) is 11.5 Å². The van der Waals surface area contributed by atoms with E-state index < -0.39 is 11.9 Å². The first-order valence-electron chi connectivity index (χ1n) is 6.37. The highest BCUT2D eigenvalue weighted by Crippen LogP contribution is 2.22. The quantitative estimate of drug-likeness (QED) is 0.742. The molecule has 1 N–H and O–H groups in total. The van der Waals surface area contributed by atoms with Crippen LogP contribution in [0.4, 0.5) is 0 Å². The summed E-state index contributed by atoms with van der Waals surface area (Å²) in [6, 6.07) is 8.25. The number of carboxylic acids is 1. The van der Waals surface area contributed by atoms with Gasteiger partial charge >= 0.3 is 11.9 Å². The number of pyridine rings is 2. The first-order chi connectivity index (χ1) is 10.6. The van der Waals surface area contributed by atoms with Crippen LogP contribution in [0.1, 0.15) is 20.8 Å². The molecule has 7 nitrogen and oxygen atoms in total. The zero-order chi connectivity index (χ0) is 15.7. The Bertz CT molecular complexity index is 871. The summed E-state index contributed by atoms with van der Waals surface area (Å²) in [5, 5.41) is 9.28. The Morgan fingerprint density at radius 2 is 2.05 bits per heavy atom. The Morgan fingerprint density at radius 1 is 1.23 bits per heavy atom. The van der Waals surface area contributed by atoms with Gasteiger partial charge in [-0.2, -0.15) is 0 Å². The third-order valence-electron chi connectivity index (χ3n) is 3.15. The number of imidazole rings is 1. The van der Waals surface area contributed by atoms with Crippen molar-refractivity contribution in [3.05, 3.63) is 54.0 Å². The number of aromatic nitrogens is 3. The van der Waals surface area contributed by atoms with Crippen LogP contribution < -0.4 is 0 Å². The third-order valence-corrected chi connectivity index (χ3v) is 3.15. The number of hydrogen-bond acceptors (Lipinski definition) is 5. The molecule has 0 aliphatic heterocycles. The van der Waals surface area contributed by atoms with Gasteiger partial charge in [-0.25, -0.2) is 14.6 Å². The summed E-state index contributed by atoms with van der Waals surface area (Å²) in [6.07, 6.45) is 3.08. The summed E-state index contributed by atoms with van der Waals surface area (Å²) in [6.45, 7) is 0. The second kappa shape index (κ2) is 5.28. The Morgan fingerprint density at radius 3 is 2.68 bits per heavy atom. The summed E-state index contributed by atoms with van der Waals surface area (Å²) < 4.78 is 6.21. The van der Waals surface area contributed by atoms with Gasteiger partial charge in [0.15, 0.2) is 11.5 Å². The Kier molecular flexibility index (Phi) is 3.30. The SMILES string of the molecule is COC(=O)c1ccc2c(C(=O)O)nc(-c3ccccn3)n2c1. The third kappa shape index (κ3) is 2.18. The smallest absolute Gasteiger partial charge is 0.356 e. The van der Waals surface area contributed by atoms with Crippen LogP contribution in [0.15, 0.2) is 42.7 Å². The number of ether oxygens (including phenoxy) is 1. The molecular weight excluding hydrogens is 286 g/mol. The van der Waals surface area contributed by atoms with Gasteiger partial charge in [0.2, 0.25) is 0 Å². The van der Waals surface area contributed by atoms with E-state index in [1.165, 1.54) is 29.8 Å². The van der Waals surface area contributed by atoms with Crippen LogP contribution in [0.5, 0.6) is 0 Å². The van der Waals surface area contributed by atoms with Crippen molar-refractivity contribution < 1.29 is 19.4 Å². The molecule has 0 unspecified atom stereocenters. The highest BCUT2D eigenvalue weighted by Gasteiger charge is 2.19. The summed E-state index contributed by atoms with van der Waals surface area (Å²) in [5.74, 6) is -1.32. The van der Waals surface area contributed by atoms with E-state index in [1.54, 1.807) is 24.4 Å². The first-order valence-corrected chi connectivity index (χ1v) is 6.37. The van der Waals surface area contributed by atoms with E-state index in [9.17, 15) is 14.7 Å². The predicted octanol–water partition coefficient (Wildman–Crippen LogP) is 1.88. The minimum Gasteiger partial charge on any atom is -0.476 e. The van der Waals surface area contributed by atoms with E-state index in [1.807, 2.05) is 0 Å². The van der Waals surface area contributed by atoms with Crippen molar-refractivity contribution in [2.24, 2.45) is 0 Å². The molecule has 0 fully saturated rings. The van der Waals surface area contributed by atoms with Crippen LogP contribution in [0, 0.1) is 0 Å². The fraction of sp³-hybridized carbons (Fsp3) is 0.0667. The topological polar surface area (TPSA) is 93.8 Å². The molecule has 0 spiro atoms. The van der Waals surface area contributed by atoms with Crippen LogP contribution in [0.25, 0.3) is 17.0 Å². The van der Waals surface area contributed by atoms with E-state index in [0.717, 1.165) is 0 Å². The van der Waals surface area contributed by atoms with Crippen molar-refractivity contribution in [2.45, 2.75) is 0 Å². The van der Waals surface area contributed by atoms with E-state index in [-0.39, 0.29) is 5.69 Å². The van der Waals surface area contributed by atoms with Gasteiger partial charge in [0, 0.05) is 12.4 Å². The lowest BCUT2D eigenvalue weighted by Gasteiger charge is -2.03. The standard InChI is InChI=1S/C15H11N3O4/c1-22-15(21)9-5-6-11-12(14(19)20)17-13(18(11)8-9)10-4-2-3-7-16-10/h2-8H,1H3,(H,19,20). The summed E-state index contributed by atoms with van der Waals surface area (Å²) >= 11 is 0. The Labute approximate surface area is 124 Å². The molecule has 3 rings (SSSR count). The van der Waals surface area contributed by atoms with Gasteiger partial charge in [-0.1, -0.05) is 6.07 Å². The molecule has 3 aromatic heterocycles. The van der Waals surface area contributed by atoms with Crippen molar-refractivity contribution in [1.82, 2.24) is 14.4 Å². The monoisotopic (exact) mass is 297 g/mol. The van der Waals surface area contributed by atoms with E-state index >= 15 is 0 Å². The van der Waals surface area contributed by atoms with Crippen LogP contribution in [-0.4, -0.2) is 38.5 Å². The van der Waals surface area contributed by atoms with Crippen molar-refractivity contribution in [1.29, 1.82) is 0 Å². The minimum absolute atomic E-state index is 0.0999. The molecule has 22 heavy (non-hydrogen) atoms. The van der Waals surface area contributed by atoms with E-state index in [0.29, 0.717) is 22.6 Å². The number of fused-ring (bicyclic) bond motifs is 1. The van der Waals surface area contributed by atoms with Crippen molar-refractivity contribution >= 4 is 17.5 Å². The maximum Gasteiger partial charge on any atom is 0.356 e. The summed E-state index contributed by atoms with van der Waals surface area (Å²) in [5.41, 5.74) is 1.08. The number of esters is 1. The number of carboxylic acid groups (broad SMARTS) is 1. The number of carbonyl (C=O) groups excluding carboxylic acids is 1. The first kappa shape index (κ1) is 13.7. The molecule has 0 radical (unpaired) electrons. The van der Waals surface area contributed by atoms with Crippen molar-refractivity contribution in [3.63, 3.8) is 0 Å². The molecule has 7 heteroatoms. The molecule has 0 bridgehead atoms. The van der Waals surface area contributed by atoms with Crippen LogP contribution in [0.3, 0.4) is 0 Å². The number of hydrogen-bond donors (Lipinski definition) is 1. The van der Waals surface area contributed by atoms with E-state index in [4.69, 9.17) is 0 Å². The van der Waals surface area contributed by atoms with E-state index in [2.05, 4.69) is 14.7 Å². The molecule has 0 aliphatic rings. The molecule has 0 saturated carbocycles. The zero-order valence-electron chi connectivity index (χ0n) is 11.6. The van der Waals surface area contributed by atoms with Gasteiger partial charge in [-0.05, 0) is 24.3 Å². The fourth-order valence-electron chi connectivity index (χ4n) is 2.16.